The number of para-hydroxylation sites is 2. The maximum Gasteiger partial charge on any atom is 0.238 e. The highest BCUT2D eigenvalue weighted by molar-refractivity contribution is 6.23. The Labute approximate surface area is 365 Å². The molecule has 62 heavy (non-hydrogen) atoms. The summed E-state index contributed by atoms with van der Waals surface area (Å²) in [6, 6.07) is 63.5. The first-order valence-corrected chi connectivity index (χ1v) is 20.5. The number of hydrogen-bond acceptors (Lipinski definition) is 3. The zero-order valence-electron chi connectivity index (χ0n) is 38.2. The Morgan fingerprint density at radius 3 is 1.45 bits per heavy atom. The molecule has 0 aliphatic carbocycles. The van der Waals surface area contributed by atoms with Gasteiger partial charge in [-0.05, 0) is 57.6 Å². The van der Waals surface area contributed by atoms with Crippen molar-refractivity contribution in [3.63, 3.8) is 0 Å². The quantitative estimate of drug-likeness (QED) is 0.161. The van der Waals surface area contributed by atoms with Crippen molar-refractivity contribution in [1.82, 2.24) is 24.1 Å². The number of hydrogen-bond donors (Lipinski definition) is 0. The molecule has 0 N–H and O–H groups in total. The van der Waals surface area contributed by atoms with Crippen molar-refractivity contribution in [2.24, 2.45) is 0 Å². The summed E-state index contributed by atoms with van der Waals surface area (Å²) >= 11 is 0. The summed E-state index contributed by atoms with van der Waals surface area (Å²) in [5.74, 6) is 1.51. The van der Waals surface area contributed by atoms with E-state index in [1.54, 1.807) is 0 Å². The molecule has 5 heteroatoms. The van der Waals surface area contributed by atoms with Gasteiger partial charge in [-0.2, -0.15) is 9.97 Å². The standard InChI is InChI=1S/C57H37N5/c1-5-17-38(18-6-1)39-29-31-43(32-30-39)56-58-55(42-23-11-4-12-24-42)59-57(60-56)62-52-28-16-14-26-47(52)49-36-35-48-46-25-13-15-27-51(46)61(53(48)54(49)62)44-33-34-45(40-19-7-2-8-20-40)50(37-44)41-21-9-3-10-22-41/h1-37H/i3D,9D,10D,21D,22D. The maximum absolute atomic E-state index is 9.14. The van der Waals surface area contributed by atoms with Gasteiger partial charge < -0.3 is 4.57 Å². The Morgan fingerprint density at radius 2 is 0.823 bits per heavy atom. The molecule has 12 aromatic rings. The summed E-state index contributed by atoms with van der Waals surface area (Å²) in [4.78, 5) is 15.7. The van der Waals surface area contributed by atoms with Crippen LogP contribution in [0.4, 0.5) is 0 Å². The second-order valence-electron chi connectivity index (χ2n) is 15.3. The summed E-state index contributed by atoms with van der Waals surface area (Å²) in [6.07, 6.45) is 0. The molecule has 9 aromatic carbocycles. The average Bonchev–Trinajstić information content (AvgIpc) is 3.91. The number of rotatable bonds is 7. The van der Waals surface area contributed by atoms with Gasteiger partial charge in [-0.15, -0.1) is 0 Å². The highest BCUT2D eigenvalue weighted by Crippen LogP contribution is 2.43. The van der Waals surface area contributed by atoms with E-state index >= 15 is 0 Å². The van der Waals surface area contributed by atoms with Crippen molar-refractivity contribution >= 4 is 43.6 Å². The zero-order valence-corrected chi connectivity index (χ0v) is 33.2. The first kappa shape index (κ1) is 30.6. The van der Waals surface area contributed by atoms with Gasteiger partial charge in [-0.1, -0.05) is 200 Å². The fraction of sp³-hybridized carbons (Fsp3) is 0. The Balaban J connectivity index is 1.17. The van der Waals surface area contributed by atoms with Crippen LogP contribution in [0.3, 0.4) is 0 Å². The molecule has 3 heterocycles. The molecule has 0 aliphatic rings. The van der Waals surface area contributed by atoms with Crippen LogP contribution in [0.25, 0.3) is 111 Å². The molecule has 12 rings (SSSR count). The Morgan fingerprint density at radius 1 is 0.339 bits per heavy atom. The maximum atomic E-state index is 9.14. The summed E-state index contributed by atoms with van der Waals surface area (Å²) in [7, 11) is 0. The van der Waals surface area contributed by atoms with Crippen molar-refractivity contribution in [1.29, 1.82) is 0 Å². The molecule has 3 aromatic heterocycles. The predicted octanol–water partition coefficient (Wildman–Crippen LogP) is 14.4. The lowest BCUT2D eigenvalue weighted by molar-refractivity contribution is 0.953. The van der Waals surface area contributed by atoms with Crippen LogP contribution in [0.15, 0.2) is 224 Å². The van der Waals surface area contributed by atoms with Gasteiger partial charge in [-0.25, -0.2) is 4.98 Å². The lowest BCUT2D eigenvalue weighted by Gasteiger charge is -2.16. The van der Waals surface area contributed by atoms with Gasteiger partial charge in [-0.3, -0.25) is 4.57 Å². The molecular formula is C57H37N5. The Hall–Kier alpha value is -8.41. The third kappa shape index (κ3) is 5.90. The first-order chi connectivity index (χ1) is 32.8. The van der Waals surface area contributed by atoms with E-state index < -0.39 is 6.04 Å². The number of nitrogens with zero attached hydrogens (tertiary/aromatic N) is 5. The summed E-state index contributed by atoms with van der Waals surface area (Å²) in [5, 5.41) is 4.03. The van der Waals surface area contributed by atoms with E-state index in [1.165, 1.54) is 0 Å². The van der Waals surface area contributed by atoms with E-state index in [0.29, 0.717) is 23.2 Å². The van der Waals surface area contributed by atoms with Gasteiger partial charge >= 0.3 is 0 Å². The Bertz CT molecular complexity index is 3880. The molecule has 0 aliphatic heterocycles. The minimum Gasteiger partial charge on any atom is -0.307 e. The van der Waals surface area contributed by atoms with E-state index in [4.69, 9.17) is 21.8 Å². The summed E-state index contributed by atoms with van der Waals surface area (Å²) in [6.45, 7) is 0. The lowest BCUT2D eigenvalue weighted by Crippen LogP contribution is -2.07. The van der Waals surface area contributed by atoms with Gasteiger partial charge in [0.15, 0.2) is 11.6 Å². The number of fused-ring (bicyclic) bond motifs is 7. The number of benzene rings is 9. The SMILES string of the molecule is [2H]c1c([2H])c([2H])c(-c2cc(-n3c4ccccc4c4ccc5c6ccccc6n(-c6nc(-c7ccccc7)nc(-c7ccc(-c8ccccc8)cc7)n6)c5c43)ccc2-c2ccccc2)c([2H])c1[2H]. The smallest absolute Gasteiger partial charge is 0.238 e. The van der Waals surface area contributed by atoms with Crippen molar-refractivity contribution in [3.05, 3.63) is 224 Å². The van der Waals surface area contributed by atoms with Crippen LogP contribution in [-0.4, -0.2) is 24.1 Å². The minimum absolute atomic E-state index is 0.134. The van der Waals surface area contributed by atoms with Crippen LogP contribution in [0.5, 0.6) is 0 Å². The highest BCUT2D eigenvalue weighted by Gasteiger charge is 2.24. The lowest BCUT2D eigenvalue weighted by atomic mass is 9.94. The van der Waals surface area contributed by atoms with Crippen molar-refractivity contribution in [2.75, 3.05) is 0 Å². The normalized spacial score (nSPS) is 12.7. The van der Waals surface area contributed by atoms with Crippen LogP contribution in [-0.2, 0) is 0 Å². The predicted molar refractivity (Wildman–Crippen MR) is 256 cm³/mol. The summed E-state index contributed by atoms with van der Waals surface area (Å²) < 4.78 is 48.4. The van der Waals surface area contributed by atoms with Gasteiger partial charge in [0.1, 0.15) is 0 Å². The van der Waals surface area contributed by atoms with Crippen LogP contribution < -0.4 is 0 Å². The van der Waals surface area contributed by atoms with Gasteiger partial charge in [0, 0.05) is 38.4 Å². The van der Waals surface area contributed by atoms with Crippen LogP contribution >= 0.6 is 0 Å². The number of aromatic nitrogens is 5. The zero-order chi connectivity index (χ0) is 45.3. The molecule has 0 radical (unpaired) electrons. The van der Waals surface area contributed by atoms with E-state index in [9.17, 15) is 0 Å². The molecule has 0 unspecified atom stereocenters. The van der Waals surface area contributed by atoms with E-state index in [0.717, 1.165) is 82.7 Å². The van der Waals surface area contributed by atoms with Crippen LogP contribution in [0, 0.1) is 0 Å². The van der Waals surface area contributed by atoms with Crippen molar-refractivity contribution in [2.45, 2.75) is 0 Å². The van der Waals surface area contributed by atoms with E-state index in [1.807, 2.05) is 121 Å². The third-order valence-corrected chi connectivity index (χ3v) is 11.7. The molecule has 0 bridgehead atoms. The van der Waals surface area contributed by atoms with E-state index in [2.05, 4.69) is 81.9 Å². The van der Waals surface area contributed by atoms with Gasteiger partial charge in [0.2, 0.25) is 5.95 Å². The van der Waals surface area contributed by atoms with Crippen molar-refractivity contribution < 1.29 is 6.85 Å². The molecule has 0 fully saturated rings. The molecular weight excluding hydrogens is 755 g/mol. The highest BCUT2D eigenvalue weighted by atomic mass is 15.2. The first-order valence-electron chi connectivity index (χ1n) is 23.0. The topological polar surface area (TPSA) is 48.5 Å². The fourth-order valence-corrected chi connectivity index (χ4v) is 8.86. The van der Waals surface area contributed by atoms with Crippen LogP contribution in [0.1, 0.15) is 6.85 Å². The minimum atomic E-state index is -0.435. The summed E-state index contributed by atoms with van der Waals surface area (Å²) in [5.41, 5.74) is 10.5. The third-order valence-electron chi connectivity index (χ3n) is 11.7. The second-order valence-corrected chi connectivity index (χ2v) is 15.3. The Kier molecular flexibility index (Phi) is 7.25. The largest absolute Gasteiger partial charge is 0.307 e. The molecule has 0 saturated heterocycles. The molecule has 0 saturated carbocycles. The average molecular weight is 797 g/mol. The fourth-order valence-electron chi connectivity index (χ4n) is 8.86. The van der Waals surface area contributed by atoms with Crippen LogP contribution in [0.2, 0.25) is 0 Å². The molecule has 5 nitrogen and oxygen atoms in total. The van der Waals surface area contributed by atoms with Gasteiger partial charge in [0.05, 0.1) is 28.9 Å². The molecule has 0 amide bonds. The van der Waals surface area contributed by atoms with Gasteiger partial charge in [0.25, 0.3) is 0 Å². The van der Waals surface area contributed by atoms with E-state index in [-0.39, 0.29) is 29.7 Å². The second kappa shape index (κ2) is 14.7. The monoisotopic (exact) mass is 796 g/mol. The molecule has 290 valence electrons. The molecule has 0 spiro atoms. The molecule has 0 atom stereocenters. The van der Waals surface area contributed by atoms with Crippen molar-refractivity contribution in [3.8, 4) is 67.8 Å².